The molecule has 90 valence electrons. The first-order valence-electron chi connectivity index (χ1n) is 5.78. The normalized spacial score (nSPS) is 12.1. The summed E-state index contributed by atoms with van der Waals surface area (Å²) >= 11 is 0. The molecule has 0 aliphatic carbocycles. The van der Waals surface area contributed by atoms with Gasteiger partial charge in [-0.05, 0) is 39.4 Å². The van der Waals surface area contributed by atoms with Gasteiger partial charge in [-0.3, -0.25) is 4.98 Å². The number of hydrogen-bond donors (Lipinski definition) is 1. The van der Waals surface area contributed by atoms with Gasteiger partial charge in [-0.15, -0.1) is 0 Å². The van der Waals surface area contributed by atoms with E-state index in [1.54, 1.807) is 0 Å². The number of pyridine rings is 1. The molecule has 1 N–H and O–H groups in total. The van der Waals surface area contributed by atoms with E-state index in [9.17, 15) is 5.11 Å². The van der Waals surface area contributed by atoms with Gasteiger partial charge in [0, 0.05) is 31.4 Å². The van der Waals surface area contributed by atoms with Crippen molar-refractivity contribution in [2.75, 3.05) is 20.1 Å². The molecule has 1 aromatic rings. The predicted molar refractivity (Wildman–Crippen MR) is 66.4 cm³/mol. The fourth-order valence-electron chi connectivity index (χ4n) is 1.43. The molecule has 0 atom stereocenters. The van der Waals surface area contributed by atoms with Gasteiger partial charge in [-0.2, -0.15) is 0 Å². The molecule has 3 nitrogen and oxygen atoms in total. The van der Waals surface area contributed by atoms with Crippen LogP contribution in [0.4, 0.5) is 0 Å². The number of aliphatic hydroxyl groups is 1. The van der Waals surface area contributed by atoms with Crippen molar-refractivity contribution in [3.8, 4) is 0 Å². The molecule has 0 aliphatic rings. The van der Waals surface area contributed by atoms with E-state index < -0.39 is 5.60 Å². The first kappa shape index (κ1) is 13.1. The van der Waals surface area contributed by atoms with E-state index in [-0.39, 0.29) is 0 Å². The number of hydrogen-bond acceptors (Lipinski definition) is 3. The van der Waals surface area contributed by atoms with Crippen molar-refractivity contribution in [3.05, 3.63) is 30.1 Å². The third-order valence-corrected chi connectivity index (χ3v) is 2.58. The Bertz CT molecular complexity index is 293. The van der Waals surface area contributed by atoms with Crippen molar-refractivity contribution in [3.63, 3.8) is 0 Å². The van der Waals surface area contributed by atoms with Crippen molar-refractivity contribution in [2.24, 2.45) is 0 Å². The average Bonchev–Trinajstić information content (AvgIpc) is 2.24. The Morgan fingerprint density at radius 1 is 1.31 bits per heavy atom. The Labute approximate surface area is 98.1 Å². The molecular weight excluding hydrogens is 200 g/mol. The summed E-state index contributed by atoms with van der Waals surface area (Å²) in [5.74, 6) is 0. The molecule has 1 heterocycles. The van der Waals surface area contributed by atoms with E-state index in [1.165, 1.54) is 0 Å². The van der Waals surface area contributed by atoms with Crippen LogP contribution >= 0.6 is 0 Å². The average molecular weight is 222 g/mol. The van der Waals surface area contributed by atoms with E-state index in [0.29, 0.717) is 0 Å². The summed E-state index contributed by atoms with van der Waals surface area (Å²) in [7, 11) is 2.08. The fraction of sp³-hybridized carbons (Fsp3) is 0.615. The van der Waals surface area contributed by atoms with Crippen LogP contribution in [0, 0.1) is 0 Å². The van der Waals surface area contributed by atoms with E-state index in [0.717, 1.165) is 31.6 Å². The van der Waals surface area contributed by atoms with E-state index in [4.69, 9.17) is 0 Å². The molecule has 0 bridgehead atoms. The van der Waals surface area contributed by atoms with Gasteiger partial charge in [0.25, 0.3) is 0 Å². The van der Waals surface area contributed by atoms with Gasteiger partial charge in [0.2, 0.25) is 0 Å². The summed E-state index contributed by atoms with van der Waals surface area (Å²) in [5, 5.41) is 9.61. The lowest BCUT2D eigenvalue weighted by atomic mass is 10.1. The first-order valence-corrected chi connectivity index (χ1v) is 5.78. The molecule has 0 aromatic carbocycles. The first-order chi connectivity index (χ1) is 7.47. The minimum Gasteiger partial charge on any atom is -0.390 e. The minimum atomic E-state index is -0.570. The van der Waals surface area contributed by atoms with Crippen LogP contribution in [-0.2, 0) is 6.42 Å². The van der Waals surface area contributed by atoms with Crippen LogP contribution in [0.15, 0.2) is 24.4 Å². The van der Waals surface area contributed by atoms with Crippen molar-refractivity contribution in [1.82, 2.24) is 9.88 Å². The molecule has 0 radical (unpaired) electrons. The second-order valence-corrected chi connectivity index (χ2v) is 4.94. The lowest BCUT2D eigenvalue weighted by Crippen LogP contribution is -2.29. The highest BCUT2D eigenvalue weighted by atomic mass is 16.3. The Kier molecular flexibility index (Phi) is 4.90. The molecule has 0 saturated heterocycles. The molecule has 0 unspecified atom stereocenters. The third kappa shape index (κ3) is 5.83. The largest absolute Gasteiger partial charge is 0.390 e. The van der Waals surface area contributed by atoms with Crippen molar-refractivity contribution in [1.29, 1.82) is 0 Å². The van der Waals surface area contributed by atoms with E-state index in [1.807, 2.05) is 38.2 Å². The maximum Gasteiger partial charge on any atom is 0.0603 e. The van der Waals surface area contributed by atoms with Gasteiger partial charge < -0.3 is 10.0 Å². The zero-order valence-corrected chi connectivity index (χ0v) is 10.5. The van der Waals surface area contributed by atoms with Gasteiger partial charge in [0.1, 0.15) is 0 Å². The highest BCUT2D eigenvalue weighted by Crippen LogP contribution is 2.07. The van der Waals surface area contributed by atoms with Crippen molar-refractivity contribution >= 4 is 0 Å². The Morgan fingerprint density at radius 2 is 2.06 bits per heavy atom. The maximum absolute atomic E-state index is 9.61. The summed E-state index contributed by atoms with van der Waals surface area (Å²) in [6, 6.07) is 5.99. The van der Waals surface area contributed by atoms with Crippen molar-refractivity contribution < 1.29 is 5.11 Å². The summed E-state index contributed by atoms with van der Waals surface area (Å²) in [4.78, 5) is 6.51. The highest BCUT2D eigenvalue weighted by molar-refractivity contribution is 5.03. The Hall–Kier alpha value is -0.930. The van der Waals surface area contributed by atoms with Gasteiger partial charge in [-0.25, -0.2) is 0 Å². The molecule has 0 fully saturated rings. The summed E-state index contributed by atoms with van der Waals surface area (Å²) < 4.78 is 0. The fourth-order valence-corrected chi connectivity index (χ4v) is 1.43. The second-order valence-electron chi connectivity index (χ2n) is 4.94. The molecular formula is C13H22N2O. The lowest BCUT2D eigenvalue weighted by molar-refractivity contribution is 0.0608. The summed E-state index contributed by atoms with van der Waals surface area (Å²) in [6.45, 7) is 5.59. The topological polar surface area (TPSA) is 36.4 Å². The van der Waals surface area contributed by atoms with Gasteiger partial charge in [0.15, 0.2) is 0 Å². The zero-order valence-electron chi connectivity index (χ0n) is 10.5. The number of rotatable bonds is 6. The number of likely N-dealkylation sites (N-methyl/N-ethyl adjacent to an activating group) is 1. The van der Waals surface area contributed by atoms with Crippen LogP contribution in [0.2, 0.25) is 0 Å². The Morgan fingerprint density at radius 3 is 2.62 bits per heavy atom. The van der Waals surface area contributed by atoms with Gasteiger partial charge in [-0.1, -0.05) is 6.07 Å². The molecule has 3 heteroatoms. The SMILES string of the molecule is CN(CCc1ccccn1)CCC(C)(C)O. The highest BCUT2D eigenvalue weighted by Gasteiger charge is 2.13. The Balaban J connectivity index is 2.23. The quantitative estimate of drug-likeness (QED) is 0.796. The van der Waals surface area contributed by atoms with Crippen LogP contribution in [0.5, 0.6) is 0 Å². The molecule has 16 heavy (non-hydrogen) atoms. The smallest absolute Gasteiger partial charge is 0.0603 e. The third-order valence-electron chi connectivity index (χ3n) is 2.58. The standard InChI is InChI=1S/C13H22N2O/c1-13(2,16)8-11-15(3)10-7-12-6-4-5-9-14-12/h4-6,9,16H,7-8,10-11H2,1-3H3. The second kappa shape index (κ2) is 5.97. The lowest BCUT2D eigenvalue weighted by Gasteiger charge is -2.22. The molecule has 0 aliphatic heterocycles. The van der Waals surface area contributed by atoms with Crippen LogP contribution in [0.3, 0.4) is 0 Å². The molecule has 0 amide bonds. The molecule has 0 saturated carbocycles. The minimum absolute atomic E-state index is 0.570. The molecule has 1 rings (SSSR count). The number of aromatic nitrogens is 1. The summed E-state index contributed by atoms with van der Waals surface area (Å²) in [6.07, 6.45) is 3.58. The van der Waals surface area contributed by atoms with Crippen LogP contribution in [-0.4, -0.2) is 40.7 Å². The molecule has 0 spiro atoms. The van der Waals surface area contributed by atoms with Crippen LogP contribution in [0.1, 0.15) is 26.0 Å². The summed E-state index contributed by atoms with van der Waals surface area (Å²) in [5.41, 5.74) is 0.553. The van der Waals surface area contributed by atoms with E-state index in [2.05, 4.69) is 16.9 Å². The van der Waals surface area contributed by atoms with Crippen LogP contribution < -0.4 is 0 Å². The molecule has 1 aromatic heterocycles. The van der Waals surface area contributed by atoms with Gasteiger partial charge in [0.05, 0.1) is 5.60 Å². The zero-order chi connectivity index (χ0) is 12.0. The monoisotopic (exact) mass is 222 g/mol. The van der Waals surface area contributed by atoms with Crippen molar-refractivity contribution in [2.45, 2.75) is 32.3 Å². The van der Waals surface area contributed by atoms with Crippen LogP contribution in [0.25, 0.3) is 0 Å². The number of nitrogens with zero attached hydrogens (tertiary/aromatic N) is 2. The van der Waals surface area contributed by atoms with Gasteiger partial charge >= 0.3 is 0 Å². The maximum atomic E-state index is 9.61. The predicted octanol–water partition coefficient (Wildman–Crippen LogP) is 1.72. The van der Waals surface area contributed by atoms with E-state index >= 15 is 0 Å².